The molecule has 1 radical (unpaired) electrons. The second-order valence-electron chi connectivity index (χ2n) is 5.12. The first-order valence-electron chi connectivity index (χ1n) is 7.40. The summed E-state index contributed by atoms with van der Waals surface area (Å²) in [6.45, 7) is -1.46. The van der Waals surface area contributed by atoms with Crippen LogP contribution in [0, 0.1) is 0 Å². The zero-order valence-corrected chi connectivity index (χ0v) is 23.4. The maximum Gasteiger partial charge on any atom is 2.00 e. The molecule has 0 N–H and O–H groups in total. The van der Waals surface area contributed by atoms with Crippen LogP contribution in [0.5, 0.6) is 11.5 Å². The molecule has 2 rings (SSSR count). The number of aliphatic carboxylic acids is 2. The Morgan fingerprint density at radius 3 is 0.848 bits per heavy atom. The minimum Gasteiger partial charge on any atom is -0.546 e. The van der Waals surface area contributed by atoms with Gasteiger partial charge in [0.05, 0.1) is 42.1 Å². The summed E-state index contributed by atoms with van der Waals surface area (Å²) >= 11 is 57.4. The zero-order valence-electron chi connectivity index (χ0n) is 14.9. The number of carboxylic acids is 2. The molecule has 0 atom stereocenters. The van der Waals surface area contributed by atoms with E-state index >= 15 is 0 Å². The third kappa shape index (κ3) is 8.78. The van der Waals surface area contributed by atoms with Crippen molar-refractivity contribution >= 4 is 128 Å². The molecular weight excluding hydrogens is 706 g/mol. The second-order valence-corrected chi connectivity index (χ2v) is 8.90. The summed E-state index contributed by atoms with van der Waals surface area (Å²) < 4.78 is 9.58. The molecule has 0 saturated carbocycles. The number of carboxylic acid groups (broad SMARTS) is 2. The molecular formula is C16H4Cl10CuO6. The maximum atomic E-state index is 10.2. The fourth-order valence-corrected chi connectivity index (χ4v) is 4.15. The number of rotatable bonds is 6. The van der Waals surface area contributed by atoms with E-state index in [0.29, 0.717) is 0 Å². The Kier molecular flexibility index (Phi) is 15.0. The van der Waals surface area contributed by atoms with Crippen LogP contribution in [0.3, 0.4) is 0 Å². The van der Waals surface area contributed by atoms with E-state index in [4.69, 9.17) is 125 Å². The molecule has 2 aromatic rings. The molecule has 0 heterocycles. The van der Waals surface area contributed by atoms with Gasteiger partial charge in [-0.1, -0.05) is 116 Å². The van der Waals surface area contributed by atoms with Crippen molar-refractivity contribution in [1.82, 2.24) is 0 Å². The topological polar surface area (TPSA) is 98.7 Å². The first kappa shape index (κ1) is 33.4. The van der Waals surface area contributed by atoms with Crippen LogP contribution in [0.2, 0.25) is 50.2 Å². The minimum absolute atomic E-state index is 0. The van der Waals surface area contributed by atoms with E-state index in [2.05, 4.69) is 0 Å². The number of halogens is 10. The molecule has 0 aromatic heterocycles. The molecule has 0 fully saturated rings. The van der Waals surface area contributed by atoms with Gasteiger partial charge < -0.3 is 29.3 Å². The average Bonchev–Trinajstić information content (AvgIpc) is 2.73. The smallest absolute Gasteiger partial charge is 0.546 e. The average molecular weight is 710 g/mol. The molecule has 0 aliphatic carbocycles. The summed E-state index contributed by atoms with van der Waals surface area (Å²) in [5.41, 5.74) is 0. The van der Waals surface area contributed by atoms with Gasteiger partial charge in [0, 0.05) is 0 Å². The van der Waals surface area contributed by atoms with Gasteiger partial charge in [0.25, 0.3) is 0 Å². The monoisotopic (exact) mass is 705 g/mol. The molecule has 6 nitrogen and oxygen atoms in total. The first-order valence-corrected chi connectivity index (χ1v) is 11.2. The van der Waals surface area contributed by atoms with E-state index in [1.807, 2.05) is 0 Å². The molecule has 0 bridgehead atoms. The fourth-order valence-electron chi connectivity index (χ4n) is 1.69. The zero-order chi connectivity index (χ0) is 24.9. The second kappa shape index (κ2) is 14.8. The van der Waals surface area contributed by atoms with Gasteiger partial charge in [-0.2, -0.15) is 0 Å². The quantitative estimate of drug-likeness (QED) is 0.203. The van der Waals surface area contributed by atoms with Gasteiger partial charge in [-0.3, -0.25) is 0 Å². The van der Waals surface area contributed by atoms with Crippen LogP contribution in [0.4, 0.5) is 0 Å². The fraction of sp³-hybridized carbons (Fsp3) is 0.125. The van der Waals surface area contributed by atoms with Crippen molar-refractivity contribution in [3.8, 4) is 11.5 Å². The van der Waals surface area contributed by atoms with Gasteiger partial charge in [-0.05, 0) is 0 Å². The Hall–Kier alpha value is 0.399. The van der Waals surface area contributed by atoms with E-state index in [1.165, 1.54) is 0 Å². The summed E-state index contributed by atoms with van der Waals surface area (Å²) in [6.07, 6.45) is 0. The summed E-state index contributed by atoms with van der Waals surface area (Å²) in [5.74, 6) is -3.16. The summed E-state index contributed by atoms with van der Waals surface area (Å²) in [5, 5.41) is 19.7. The molecule has 185 valence electrons. The van der Waals surface area contributed by atoms with E-state index in [-0.39, 0.29) is 78.8 Å². The number of benzene rings is 2. The van der Waals surface area contributed by atoms with Crippen LogP contribution >= 0.6 is 116 Å². The number of carbonyl (C=O) groups excluding carboxylic acids is 2. The van der Waals surface area contributed by atoms with Gasteiger partial charge in [-0.25, -0.2) is 0 Å². The van der Waals surface area contributed by atoms with Gasteiger partial charge in [-0.15, -0.1) is 0 Å². The Morgan fingerprint density at radius 2 is 0.667 bits per heavy atom. The third-order valence-corrected chi connectivity index (χ3v) is 7.49. The normalized spacial score (nSPS) is 10.0. The number of hydrogen-bond donors (Lipinski definition) is 0. The predicted octanol–water partition coefficient (Wildman–Crippen LogP) is 6.16. The van der Waals surface area contributed by atoms with Crippen LogP contribution in [0.15, 0.2) is 0 Å². The summed E-state index contributed by atoms with van der Waals surface area (Å²) in [4.78, 5) is 20.4. The van der Waals surface area contributed by atoms with Crippen molar-refractivity contribution in [2.75, 3.05) is 13.2 Å². The van der Waals surface area contributed by atoms with E-state index in [1.54, 1.807) is 0 Å². The molecule has 2 aromatic carbocycles. The van der Waals surface area contributed by atoms with Crippen LogP contribution in [0.25, 0.3) is 0 Å². The number of hydrogen-bond acceptors (Lipinski definition) is 6. The molecule has 0 aliphatic rings. The summed E-state index contributed by atoms with van der Waals surface area (Å²) in [6, 6.07) is 0. The van der Waals surface area contributed by atoms with Gasteiger partial charge >= 0.3 is 17.1 Å². The molecule has 0 unspecified atom stereocenters. The van der Waals surface area contributed by atoms with E-state index in [0.717, 1.165) is 0 Å². The molecule has 0 spiro atoms. The van der Waals surface area contributed by atoms with Crippen LogP contribution < -0.4 is 19.7 Å². The van der Waals surface area contributed by atoms with Gasteiger partial charge in [0.15, 0.2) is 11.5 Å². The van der Waals surface area contributed by atoms with Crippen LogP contribution in [-0.4, -0.2) is 25.2 Å². The van der Waals surface area contributed by atoms with E-state index < -0.39 is 25.2 Å². The van der Waals surface area contributed by atoms with Crippen molar-refractivity contribution in [1.29, 1.82) is 0 Å². The van der Waals surface area contributed by atoms with Crippen molar-refractivity contribution in [3.05, 3.63) is 50.2 Å². The molecule has 0 saturated heterocycles. The molecule has 0 amide bonds. The van der Waals surface area contributed by atoms with Crippen molar-refractivity contribution in [3.63, 3.8) is 0 Å². The van der Waals surface area contributed by atoms with Crippen LogP contribution in [-0.2, 0) is 26.7 Å². The summed E-state index contributed by atoms with van der Waals surface area (Å²) in [7, 11) is 0. The van der Waals surface area contributed by atoms with Crippen molar-refractivity contribution < 1.29 is 46.3 Å². The standard InChI is InChI=1S/2C8H3Cl5O3.Cu/c2*9-3-4(10)6(12)8(7(13)5(3)11)16-1-2(14)15;/h2*1H2,(H,14,15);/q;;+2/p-2. The van der Waals surface area contributed by atoms with Crippen molar-refractivity contribution in [2.45, 2.75) is 0 Å². The number of carbonyl (C=O) groups is 2. The van der Waals surface area contributed by atoms with Gasteiger partial charge in [0.1, 0.15) is 33.3 Å². The maximum absolute atomic E-state index is 10.2. The largest absolute Gasteiger partial charge is 2.00 e. The Labute approximate surface area is 247 Å². The SMILES string of the molecule is O=C([O-])COc1c(Cl)c(Cl)c(Cl)c(Cl)c1Cl.O=C([O-])COc1c(Cl)c(Cl)c(Cl)c(Cl)c1Cl.[Cu+2]. The Bertz CT molecular complexity index is 924. The molecule has 0 aliphatic heterocycles. The first-order chi connectivity index (χ1) is 14.7. The van der Waals surface area contributed by atoms with E-state index in [9.17, 15) is 19.8 Å². The van der Waals surface area contributed by atoms with Gasteiger partial charge in [0.2, 0.25) is 0 Å². The third-order valence-electron chi connectivity index (χ3n) is 3.01. The minimum atomic E-state index is -1.44. The molecule has 33 heavy (non-hydrogen) atoms. The Morgan fingerprint density at radius 1 is 0.485 bits per heavy atom. The van der Waals surface area contributed by atoms with Crippen molar-refractivity contribution in [2.24, 2.45) is 0 Å². The molecule has 17 heteroatoms. The number of ether oxygens (including phenoxy) is 2. The predicted molar refractivity (Wildman–Crippen MR) is 124 cm³/mol. The van der Waals surface area contributed by atoms with Crippen LogP contribution in [0.1, 0.15) is 0 Å². The Balaban J connectivity index is 0.000000602.